The molecule has 27 heavy (non-hydrogen) atoms. The molecule has 2 saturated heterocycles. The summed E-state index contributed by atoms with van der Waals surface area (Å²) in [7, 11) is 0. The van der Waals surface area contributed by atoms with Crippen LogP contribution in [0.4, 0.5) is 4.39 Å². The molecule has 2 atom stereocenters. The van der Waals surface area contributed by atoms with Crippen LogP contribution in [0, 0.1) is 12.7 Å². The fraction of sp³-hybridized carbons (Fsp3) is 0.381. The Morgan fingerprint density at radius 3 is 2.52 bits per heavy atom. The number of fused-ring (bicyclic) bond motifs is 2. The Morgan fingerprint density at radius 2 is 1.81 bits per heavy atom. The number of benzene rings is 2. The first-order valence-corrected chi connectivity index (χ1v) is 10.3. The minimum absolute atomic E-state index is 0.0623. The van der Waals surface area contributed by atoms with Gasteiger partial charge >= 0.3 is 0 Å². The van der Waals surface area contributed by atoms with Crippen molar-refractivity contribution in [1.82, 2.24) is 15.6 Å². The first-order valence-electron chi connectivity index (χ1n) is 9.43. The zero-order valence-electron chi connectivity index (χ0n) is 15.3. The van der Waals surface area contributed by atoms with Crippen LogP contribution in [-0.2, 0) is 0 Å². The number of rotatable bonds is 5. The topological polar surface area (TPSA) is 53.2 Å². The molecule has 0 aromatic heterocycles. The van der Waals surface area contributed by atoms with Crippen molar-refractivity contribution in [1.29, 1.82) is 0 Å². The van der Waals surface area contributed by atoms with Crippen molar-refractivity contribution in [2.45, 2.75) is 49.9 Å². The summed E-state index contributed by atoms with van der Waals surface area (Å²) in [6, 6.07) is 14.3. The first kappa shape index (κ1) is 18.5. The molecule has 2 heterocycles. The van der Waals surface area contributed by atoms with Gasteiger partial charge in [0.25, 0.3) is 5.91 Å². The van der Waals surface area contributed by atoms with E-state index in [2.05, 4.69) is 15.6 Å². The molecule has 2 aliphatic rings. The molecule has 1 amide bonds. The highest BCUT2D eigenvalue weighted by atomic mass is 32.2. The van der Waals surface area contributed by atoms with Crippen LogP contribution in [-0.4, -0.2) is 23.2 Å². The van der Waals surface area contributed by atoms with Crippen LogP contribution < -0.4 is 15.6 Å². The molecule has 2 bridgehead atoms. The maximum absolute atomic E-state index is 14.5. The van der Waals surface area contributed by atoms with Crippen molar-refractivity contribution in [3.8, 4) is 11.1 Å². The molecule has 2 aliphatic heterocycles. The number of nitrogens with one attached hydrogen (secondary N) is 3. The summed E-state index contributed by atoms with van der Waals surface area (Å²) in [4.78, 5) is 15.5. The molecule has 2 aromatic carbocycles. The van der Waals surface area contributed by atoms with Gasteiger partial charge in [-0.1, -0.05) is 42.3 Å². The summed E-state index contributed by atoms with van der Waals surface area (Å²) in [5.41, 5.74) is 4.98. The average Bonchev–Trinajstić information content (AvgIpc) is 3.02. The van der Waals surface area contributed by atoms with Crippen molar-refractivity contribution in [3.63, 3.8) is 0 Å². The van der Waals surface area contributed by atoms with Crippen molar-refractivity contribution in [3.05, 3.63) is 59.4 Å². The van der Waals surface area contributed by atoms with Crippen LogP contribution in [0.2, 0.25) is 0 Å². The molecule has 142 valence electrons. The Hall–Kier alpha value is -1.89. The van der Waals surface area contributed by atoms with Crippen LogP contribution in [0.1, 0.15) is 41.6 Å². The fourth-order valence-electron chi connectivity index (χ4n) is 4.06. The zero-order valence-corrected chi connectivity index (χ0v) is 16.1. The molecule has 4 nitrogen and oxygen atoms in total. The molecule has 0 radical (unpaired) electrons. The summed E-state index contributed by atoms with van der Waals surface area (Å²) in [6.07, 6.45) is 4.68. The van der Waals surface area contributed by atoms with Gasteiger partial charge in [-0.25, -0.2) is 4.39 Å². The molecule has 0 saturated carbocycles. The zero-order chi connectivity index (χ0) is 18.8. The predicted octanol–water partition coefficient (Wildman–Crippen LogP) is 3.97. The van der Waals surface area contributed by atoms with Gasteiger partial charge < -0.3 is 5.32 Å². The predicted molar refractivity (Wildman–Crippen MR) is 108 cm³/mol. The number of piperidine rings is 1. The third-order valence-corrected chi connectivity index (χ3v) is 6.36. The van der Waals surface area contributed by atoms with E-state index in [4.69, 9.17) is 0 Å². The molecule has 4 rings (SSSR count). The fourth-order valence-corrected chi connectivity index (χ4v) is 5.04. The highest BCUT2D eigenvalue weighted by Gasteiger charge is 2.33. The summed E-state index contributed by atoms with van der Waals surface area (Å²) >= 11 is 1.53. The Balaban J connectivity index is 1.41. The van der Waals surface area contributed by atoms with Gasteiger partial charge in [0.2, 0.25) is 0 Å². The highest BCUT2D eigenvalue weighted by Crippen LogP contribution is 2.32. The lowest BCUT2D eigenvalue weighted by Gasteiger charge is -2.28. The van der Waals surface area contributed by atoms with Crippen LogP contribution in [0.5, 0.6) is 0 Å². The number of halogens is 1. The van der Waals surface area contributed by atoms with Crippen LogP contribution in [0.25, 0.3) is 11.1 Å². The minimum Gasteiger partial charge on any atom is -0.311 e. The first-order chi connectivity index (χ1) is 13.1. The second kappa shape index (κ2) is 8.00. The molecule has 2 unspecified atom stereocenters. The van der Waals surface area contributed by atoms with E-state index in [0.29, 0.717) is 22.9 Å². The monoisotopic (exact) mass is 385 g/mol. The minimum atomic E-state index is -0.473. The van der Waals surface area contributed by atoms with Crippen molar-refractivity contribution in [2.75, 3.05) is 0 Å². The number of hydrazine groups is 1. The largest absolute Gasteiger partial charge is 0.311 e. The smallest absolute Gasteiger partial charge is 0.269 e. The Bertz CT molecular complexity index is 818. The number of aryl methyl sites for hydroxylation is 1. The van der Waals surface area contributed by atoms with E-state index < -0.39 is 11.7 Å². The Labute approximate surface area is 163 Å². The van der Waals surface area contributed by atoms with E-state index in [-0.39, 0.29) is 5.56 Å². The third kappa shape index (κ3) is 4.18. The Morgan fingerprint density at radius 1 is 1.11 bits per heavy atom. The average molecular weight is 386 g/mol. The van der Waals surface area contributed by atoms with E-state index in [0.717, 1.165) is 24.0 Å². The molecule has 6 heteroatoms. The molecule has 0 spiro atoms. The summed E-state index contributed by atoms with van der Waals surface area (Å²) in [6.45, 7) is 1.69. The van der Waals surface area contributed by atoms with Gasteiger partial charge in [0.05, 0.1) is 5.56 Å². The molecule has 0 aliphatic carbocycles. The summed E-state index contributed by atoms with van der Waals surface area (Å²) in [5.74, 6) is -0.920. The van der Waals surface area contributed by atoms with E-state index in [1.807, 2.05) is 30.3 Å². The van der Waals surface area contributed by atoms with E-state index >= 15 is 0 Å². The van der Waals surface area contributed by atoms with Crippen LogP contribution in [0.3, 0.4) is 0 Å². The lowest BCUT2D eigenvalue weighted by Crippen LogP contribution is -2.42. The number of amides is 1. The van der Waals surface area contributed by atoms with Gasteiger partial charge in [-0.15, -0.1) is 0 Å². The second-order valence-corrected chi connectivity index (χ2v) is 8.53. The third-order valence-electron chi connectivity index (χ3n) is 5.43. The summed E-state index contributed by atoms with van der Waals surface area (Å²) < 4.78 is 14.5. The maximum Gasteiger partial charge on any atom is 0.269 e. The van der Waals surface area contributed by atoms with Gasteiger partial charge in [0, 0.05) is 17.3 Å². The van der Waals surface area contributed by atoms with E-state index in [9.17, 15) is 9.18 Å². The Kier molecular flexibility index (Phi) is 5.48. The van der Waals surface area contributed by atoms with Crippen molar-refractivity contribution < 1.29 is 9.18 Å². The van der Waals surface area contributed by atoms with Gasteiger partial charge in [0.15, 0.2) is 0 Å². The van der Waals surface area contributed by atoms with Crippen LogP contribution >= 0.6 is 11.9 Å². The standard InChI is InChI=1S/C21H24FN3OS/c1-13-9-15(14-5-3-2-4-6-14)10-19(20(13)22)21(26)24-25-27-18-11-16-7-8-17(12-18)23-16/h2-6,9-10,16-18,23,25H,7-8,11-12H2,1H3,(H,24,26). The van der Waals surface area contributed by atoms with Gasteiger partial charge in [-0.2, -0.15) is 4.83 Å². The van der Waals surface area contributed by atoms with Gasteiger partial charge in [0.1, 0.15) is 5.82 Å². The maximum atomic E-state index is 14.5. The van der Waals surface area contributed by atoms with Crippen molar-refractivity contribution >= 4 is 17.9 Å². The normalized spacial score (nSPS) is 24.0. The van der Waals surface area contributed by atoms with E-state index in [1.165, 1.54) is 24.8 Å². The van der Waals surface area contributed by atoms with Gasteiger partial charge in [-0.3, -0.25) is 10.2 Å². The lowest BCUT2D eigenvalue weighted by molar-refractivity contribution is 0.0942. The number of carbonyl (C=O) groups excluding carboxylic acids is 1. The van der Waals surface area contributed by atoms with Crippen molar-refractivity contribution in [2.24, 2.45) is 0 Å². The second-order valence-electron chi connectivity index (χ2n) is 7.43. The quantitative estimate of drug-likeness (QED) is 0.539. The molecule has 3 N–H and O–H groups in total. The number of carbonyl (C=O) groups is 1. The number of hydrogen-bond acceptors (Lipinski definition) is 4. The molecule has 2 fully saturated rings. The highest BCUT2D eigenvalue weighted by molar-refractivity contribution is 7.98. The van der Waals surface area contributed by atoms with Gasteiger partial charge in [-0.05, 0) is 61.4 Å². The summed E-state index contributed by atoms with van der Waals surface area (Å²) in [5, 5.41) is 4.07. The number of hydrogen-bond donors (Lipinski definition) is 3. The van der Waals surface area contributed by atoms with Crippen LogP contribution in [0.15, 0.2) is 42.5 Å². The molecule has 2 aromatic rings. The molecular weight excluding hydrogens is 361 g/mol. The SMILES string of the molecule is Cc1cc(-c2ccccc2)cc(C(=O)NNSC2CC3CCC(C2)N3)c1F. The lowest BCUT2D eigenvalue weighted by atomic mass is 9.99. The van der Waals surface area contributed by atoms with E-state index in [1.54, 1.807) is 19.1 Å². The molecular formula is C21H24FN3OS.